The van der Waals surface area contributed by atoms with E-state index < -0.39 is 0 Å². The van der Waals surface area contributed by atoms with Gasteiger partial charge in [-0.1, -0.05) is 36.7 Å². The van der Waals surface area contributed by atoms with Gasteiger partial charge in [0, 0.05) is 28.7 Å². The number of nitrogens with zero attached hydrogens (tertiary/aromatic N) is 1. The zero-order valence-corrected chi connectivity index (χ0v) is 10.0. The predicted molar refractivity (Wildman–Crippen MR) is 74.5 cm³/mol. The average Bonchev–Trinajstić information content (AvgIpc) is 2.71. The van der Waals surface area contributed by atoms with Crippen molar-refractivity contribution in [1.29, 1.82) is 0 Å². The van der Waals surface area contributed by atoms with Crippen LogP contribution in [-0.4, -0.2) is 12.4 Å². The Morgan fingerprint density at radius 2 is 2.12 bits per heavy atom. The Hall–Kier alpha value is -1.44. The summed E-state index contributed by atoms with van der Waals surface area (Å²) in [6.07, 6.45) is 8.69. The summed E-state index contributed by atoms with van der Waals surface area (Å²) >= 11 is 0. The van der Waals surface area contributed by atoms with Crippen LogP contribution in [0.4, 0.5) is 0 Å². The summed E-state index contributed by atoms with van der Waals surface area (Å²) in [7, 11) is 5.64. The third-order valence-electron chi connectivity index (χ3n) is 3.54. The molecule has 3 rings (SSSR count). The number of aryl methyl sites for hydroxylation is 1. The molecule has 1 aromatic heterocycles. The van der Waals surface area contributed by atoms with Gasteiger partial charge in [-0.3, -0.25) is 0 Å². The van der Waals surface area contributed by atoms with Gasteiger partial charge in [-0.25, -0.2) is 0 Å². The van der Waals surface area contributed by atoms with Gasteiger partial charge in [0.1, 0.15) is 0 Å². The lowest BCUT2D eigenvalue weighted by Crippen LogP contribution is -2.05. The Morgan fingerprint density at radius 1 is 1.24 bits per heavy atom. The van der Waals surface area contributed by atoms with Crippen molar-refractivity contribution in [3.63, 3.8) is 0 Å². The molecular formula is C15H16BN. The van der Waals surface area contributed by atoms with Crippen LogP contribution in [0.25, 0.3) is 17.0 Å². The van der Waals surface area contributed by atoms with Crippen LogP contribution in [0, 0.1) is 0 Å². The van der Waals surface area contributed by atoms with Gasteiger partial charge in [-0.15, -0.1) is 0 Å². The Balaban J connectivity index is 2.21. The summed E-state index contributed by atoms with van der Waals surface area (Å²) in [5.74, 6) is 0. The zero-order valence-electron chi connectivity index (χ0n) is 10.0. The van der Waals surface area contributed by atoms with Crippen molar-refractivity contribution in [3.8, 4) is 0 Å². The Morgan fingerprint density at radius 3 is 3.00 bits per heavy atom. The first kappa shape index (κ1) is 10.7. The molecule has 1 heterocycles. The number of hydrogen-bond donors (Lipinski definition) is 0. The highest BCUT2D eigenvalue weighted by atomic mass is 15.0. The van der Waals surface area contributed by atoms with E-state index in [4.69, 9.17) is 7.85 Å². The van der Waals surface area contributed by atoms with Gasteiger partial charge in [-0.2, -0.15) is 0 Å². The lowest BCUT2D eigenvalue weighted by Gasteiger charge is -2.12. The van der Waals surface area contributed by atoms with E-state index in [1.165, 1.54) is 22.2 Å². The minimum Gasteiger partial charge on any atom is -0.344 e. The van der Waals surface area contributed by atoms with E-state index in [-0.39, 0.29) is 0 Å². The summed E-state index contributed by atoms with van der Waals surface area (Å²) in [5.41, 5.74) is 4.27. The van der Waals surface area contributed by atoms with Gasteiger partial charge in [-0.05, 0) is 25.3 Å². The number of allylic oxidation sites excluding steroid dienone is 1. The molecule has 0 bridgehead atoms. The quantitative estimate of drug-likeness (QED) is 0.698. The number of benzene rings is 1. The molecule has 2 aromatic rings. The molecule has 1 aromatic carbocycles. The molecule has 0 unspecified atom stereocenters. The van der Waals surface area contributed by atoms with E-state index in [0.29, 0.717) is 0 Å². The third-order valence-corrected chi connectivity index (χ3v) is 3.54. The third kappa shape index (κ3) is 1.72. The molecule has 0 aliphatic heterocycles. The standard InChI is InChI=1S/C15H16BN/c16-10-5-11-17-14-8-3-1-6-12(14)13-7-2-4-9-15(13)17/h1-3,6-8H,4-5,9-11H2. The van der Waals surface area contributed by atoms with Crippen LogP contribution in [0.2, 0.25) is 6.32 Å². The molecule has 0 saturated heterocycles. The van der Waals surface area contributed by atoms with E-state index in [9.17, 15) is 0 Å². The maximum Gasteiger partial charge on any atom is 0.0653 e. The highest BCUT2D eigenvalue weighted by Gasteiger charge is 2.15. The second-order valence-electron chi connectivity index (χ2n) is 4.61. The lowest BCUT2D eigenvalue weighted by molar-refractivity contribution is 0.663. The van der Waals surface area contributed by atoms with E-state index in [2.05, 4.69) is 41.0 Å². The zero-order chi connectivity index (χ0) is 11.7. The van der Waals surface area contributed by atoms with Gasteiger partial charge < -0.3 is 4.57 Å². The van der Waals surface area contributed by atoms with Crippen LogP contribution in [0.1, 0.15) is 24.1 Å². The van der Waals surface area contributed by atoms with Crippen LogP contribution < -0.4 is 0 Å². The molecule has 2 radical (unpaired) electrons. The Bertz CT molecular complexity index is 566. The van der Waals surface area contributed by atoms with E-state index in [1.807, 2.05) is 0 Å². The molecule has 1 nitrogen and oxygen atoms in total. The highest BCUT2D eigenvalue weighted by Crippen LogP contribution is 2.31. The normalized spacial score (nSPS) is 14.1. The summed E-state index contributed by atoms with van der Waals surface area (Å²) in [6, 6.07) is 8.69. The Kier molecular flexibility index (Phi) is 2.80. The number of hydrogen-bond acceptors (Lipinski definition) is 0. The molecule has 1 aliphatic carbocycles. The smallest absolute Gasteiger partial charge is 0.0653 e. The molecule has 1 aliphatic rings. The summed E-state index contributed by atoms with van der Waals surface area (Å²) < 4.78 is 2.46. The fraction of sp³-hybridized carbons (Fsp3) is 0.333. The maximum atomic E-state index is 5.64. The predicted octanol–water partition coefficient (Wildman–Crippen LogP) is 3.58. The van der Waals surface area contributed by atoms with Crippen molar-refractivity contribution < 1.29 is 0 Å². The highest BCUT2D eigenvalue weighted by molar-refractivity contribution is 6.08. The van der Waals surface area contributed by atoms with Crippen LogP contribution in [-0.2, 0) is 13.0 Å². The summed E-state index contributed by atoms with van der Waals surface area (Å²) in [6.45, 7) is 1.04. The molecule has 0 fully saturated rings. The van der Waals surface area contributed by atoms with E-state index >= 15 is 0 Å². The molecule has 17 heavy (non-hydrogen) atoms. The molecule has 0 N–H and O–H groups in total. The fourth-order valence-electron chi connectivity index (χ4n) is 2.76. The van der Waals surface area contributed by atoms with Crippen LogP contribution in [0.5, 0.6) is 0 Å². The van der Waals surface area contributed by atoms with E-state index in [1.54, 1.807) is 0 Å². The molecular weight excluding hydrogens is 205 g/mol. The number of rotatable bonds is 3. The van der Waals surface area contributed by atoms with Gasteiger partial charge in [0.2, 0.25) is 0 Å². The monoisotopic (exact) mass is 221 g/mol. The molecule has 84 valence electrons. The Labute approximate surface area is 104 Å². The minimum absolute atomic E-state index is 0.761. The summed E-state index contributed by atoms with van der Waals surface area (Å²) in [5, 5.41) is 1.38. The first-order chi connectivity index (χ1) is 8.42. The molecule has 0 amide bonds. The average molecular weight is 221 g/mol. The van der Waals surface area contributed by atoms with Crippen molar-refractivity contribution in [2.75, 3.05) is 0 Å². The van der Waals surface area contributed by atoms with Crippen molar-refractivity contribution in [2.24, 2.45) is 0 Å². The molecule has 0 atom stereocenters. The van der Waals surface area contributed by atoms with Crippen molar-refractivity contribution in [2.45, 2.75) is 32.1 Å². The van der Waals surface area contributed by atoms with Gasteiger partial charge in [0.15, 0.2) is 0 Å². The minimum atomic E-state index is 0.761. The first-order valence-corrected chi connectivity index (χ1v) is 6.38. The second-order valence-corrected chi connectivity index (χ2v) is 4.61. The van der Waals surface area contributed by atoms with E-state index in [0.717, 1.165) is 32.1 Å². The molecule has 0 spiro atoms. The van der Waals surface area contributed by atoms with Crippen LogP contribution in [0.3, 0.4) is 0 Å². The SMILES string of the molecule is [B]CCCn1c2c(c3ccccc31)C=CCC2. The number of fused-ring (bicyclic) bond motifs is 3. The van der Waals surface area contributed by atoms with Gasteiger partial charge >= 0.3 is 0 Å². The maximum absolute atomic E-state index is 5.64. The molecule has 2 heteroatoms. The van der Waals surface area contributed by atoms with Crippen molar-refractivity contribution in [3.05, 3.63) is 41.6 Å². The molecule has 0 saturated carbocycles. The largest absolute Gasteiger partial charge is 0.344 e. The lowest BCUT2D eigenvalue weighted by atomic mass is 10.0. The van der Waals surface area contributed by atoms with Gasteiger partial charge in [0.25, 0.3) is 0 Å². The van der Waals surface area contributed by atoms with Gasteiger partial charge in [0.05, 0.1) is 7.85 Å². The van der Waals surface area contributed by atoms with Crippen molar-refractivity contribution >= 4 is 24.8 Å². The second kappa shape index (κ2) is 4.44. The first-order valence-electron chi connectivity index (χ1n) is 6.38. The fourth-order valence-corrected chi connectivity index (χ4v) is 2.76. The van der Waals surface area contributed by atoms with Crippen molar-refractivity contribution in [1.82, 2.24) is 4.57 Å². The summed E-state index contributed by atoms with van der Waals surface area (Å²) in [4.78, 5) is 0. The van der Waals surface area contributed by atoms with Crippen LogP contribution in [0.15, 0.2) is 30.3 Å². The van der Waals surface area contributed by atoms with Crippen LogP contribution >= 0.6 is 0 Å². The number of para-hydroxylation sites is 1. The topological polar surface area (TPSA) is 4.93 Å². The number of aromatic nitrogens is 1.